The Kier molecular flexibility index (Phi) is 8.96. The van der Waals surface area contributed by atoms with E-state index in [1.54, 1.807) is 11.3 Å². The summed E-state index contributed by atoms with van der Waals surface area (Å²) in [6, 6.07) is 0. The Morgan fingerprint density at radius 2 is 2.10 bits per heavy atom. The first-order valence-corrected chi connectivity index (χ1v) is 8.38. The molecule has 1 aromatic rings. The van der Waals surface area contributed by atoms with Crippen molar-refractivity contribution in [2.24, 2.45) is 5.92 Å². The van der Waals surface area contributed by atoms with Crippen LogP contribution in [0.5, 0.6) is 0 Å². The Hall–Kier alpha value is -0.590. The summed E-state index contributed by atoms with van der Waals surface area (Å²) in [5.41, 5.74) is 1.14. The predicted molar refractivity (Wildman–Crippen MR) is 83.2 cm³/mol. The molecule has 0 unspecified atom stereocenters. The molecule has 0 atom stereocenters. The van der Waals surface area contributed by atoms with Crippen molar-refractivity contribution in [3.8, 4) is 0 Å². The van der Waals surface area contributed by atoms with Crippen LogP contribution in [0, 0.1) is 5.92 Å². The summed E-state index contributed by atoms with van der Waals surface area (Å²) in [5.74, 6) is 0.556. The molecular formula is C15H26F2N2OS. The lowest BCUT2D eigenvalue weighted by molar-refractivity contribution is 0.0187. The number of thiazole rings is 1. The summed E-state index contributed by atoms with van der Waals surface area (Å²) < 4.78 is 28.9. The van der Waals surface area contributed by atoms with Gasteiger partial charge in [0.05, 0.1) is 17.3 Å². The van der Waals surface area contributed by atoms with Gasteiger partial charge in [-0.05, 0) is 25.3 Å². The maximum atomic E-state index is 12.0. The number of halogens is 2. The fourth-order valence-corrected chi connectivity index (χ4v) is 2.99. The first-order valence-electron chi connectivity index (χ1n) is 7.57. The highest BCUT2D eigenvalue weighted by Crippen LogP contribution is 2.22. The number of rotatable bonds is 11. The molecule has 1 heterocycles. The molecule has 0 fully saturated rings. The number of aromatic nitrogens is 1. The number of hydrogen-bond donors (Lipinski definition) is 1. The molecule has 122 valence electrons. The lowest BCUT2D eigenvalue weighted by Crippen LogP contribution is -2.14. The molecule has 6 heteroatoms. The Morgan fingerprint density at radius 1 is 1.33 bits per heavy atom. The number of alkyl halides is 2. The van der Waals surface area contributed by atoms with Crippen LogP contribution in [0.2, 0.25) is 0 Å². The maximum absolute atomic E-state index is 12.0. The Morgan fingerprint density at radius 3 is 2.71 bits per heavy atom. The molecule has 1 aromatic heterocycles. The zero-order chi connectivity index (χ0) is 15.7. The van der Waals surface area contributed by atoms with Crippen molar-refractivity contribution in [2.45, 2.75) is 53.0 Å². The van der Waals surface area contributed by atoms with Gasteiger partial charge in [0, 0.05) is 17.8 Å². The van der Waals surface area contributed by atoms with E-state index in [-0.39, 0.29) is 0 Å². The lowest BCUT2D eigenvalue weighted by Gasteiger charge is -2.05. The smallest absolute Gasteiger partial charge is 0.261 e. The van der Waals surface area contributed by atoms with Crippen molar-refractivity contribution >= 4 is 11.3 Å². The van der Waals surface area contributed by atoms with E-state index >= 15 is 0 Å². The van der Waals surface area contributed by atoms with Crippen LogP contribution in [-0.2, 0) is 24.1 Å². The second-order valence-electron chi connectivity index (χ2n) is 5.47. The minimum absolute atomic E-state index is 0.306. The molecule has 3 nitrogen and oxygen atoms in total. The van der Waals surface area contributed by atoms with E-state index in [2.05, 4.69) is 31.1 Å². The molecule has 1 N–H and O–H groups in total. The number of nitrogens with one attached hydrogen (secondary N) is 1. The third kappa shape index (κ3) is 7.83. The highest BCUT2D eigenvalue weighted by Gasteiger charge is 2.12. The van der Waals surface area contributed by atoms with Gasteiger partial charge in [0.1, 0.15) is 6.61 Å². The Labute approximate surface area is 130 Å². The van der Waals surface area contributed by atoms with Crippen molar-refractivity contribution in [1.82, 2.24) is 10.3 Å². The molecule has 0 aromatic carbocycles. The van der Waals surface area contributed by atoms with Crippen molar-refractivity contribution in [1.29, 1.82) is 0 Å². The van der Waals surface area contributed by atoms with Gasteiger partial charge >= 0.3 is 0 Å². The van der Waals surface area contributed by atoms with Gasteiger partial charge in [-0.25, -0.2) is 13.8 Å². The number of nitrogens with zero attached hydrogens (tertiary/aromatic N) is 1. The summed E-state index contributed by atoms with van der Waals surface area (Å²) in [5, 5.41) is 4.38. The highest BCUT2D eigenvalue weighted by molar-refractivity contribution is 7.11. The third-order valence-electron chi connectivity index (χ3n) is 2.84. The van der Waals surface area contributed by atoms with Gasteiger partial charge in [-0.15, -0.1) is 11.3 Å². The van der Waals surface area contributed by atoms with Crippen molar-refractivity contribution in [3.05, 3.63) is 15.6 Å². The second-order valence-corrected chi connectivity index (χ2v) is 6.64. The average Bonchev–Trinajstić information content (AvgIpc) is 2.76. The molecule has 0 aliphatic carbocycles. The van der Waals surface area contributed by atoms with Gasteiger partial charge in [-0.2, -0.15) is 0 Å². The average molecular weight is 320 g/mol. The van der Waals surface area contributed by atoms with Crippen LogP contribution in [0.3, 0.4) is 0 Å². The molecule has 0 saturated carbocycles. The summed E-state index contributed by atoms with van der Waals surface area (Å²) in [7, 11) is 0. The minimum atomic E-state index is -2.40. The van der Waals surface area contributed by atoms with E-state index in [0.717, 1.165) is 36.6 Å². The molecule has 0 saturated heterocycles. The molecule has 0 radical (unpaired) electrons. The third-order valence-corrected chi connectivity index (χ3v) is 4.00. The molecule has 0 spiro atoms. The Balaban J connectivity index is 2.54. The summed E-state index contributed by atoms with van der Waals surface area (Å²) >= 11 is 1.67. The number of ether oxygens (including phenoxy) is 1. The standard InChI is InChI=1S/C15H26F2N2OS/c1-4-6-18-9-13-12(8-11(2)3)19-15(21-13)5-7-20-10-14(16)17/h11,14,18H,4-10H2,1-3H3. The summed E-state index contributed by atoms with van der Waals surface area (Å²) in [6.45, 7) is 8.13. The van der Waals surface area contributed by atoms with Crippen LogP contribution >= 0.6 is 11.3 Å². The first kappa shape index (κ1) is 18.5. The van der Waals surface area contributed by atoms with Crippen LogP contribution in [0.15, 0.2) is 0 Å². The summed E-state index contributed by atoms with van der Waals surface area (Å²) in [4.78, 5) is 5.92. The Bertz CT molecular complexity index is 397. The number of hydrogen-bond acceptors (Lipinski definition) is 4. The molecule has 0 bridgehead atoms. The highest BCUT2D eigenvalue weighted by atomic mass is 32.1. The second kappa shape index (κ2) is 10.2. The van der Waals surface area contributed by atoms with Crippen LogP contribution in [0.4, 0.5) is 8.78 Å². The van der Waals surface area contributed by atoms with Gasteiger partial charge in [-0.1, -0.05) is 20.8 Å². The van der Waals surface area contributed by atoms with Crippen molar-refractivity contribution < 1.29 is 13.5 Å². The van der Waals surface area contributed by atoms with Gasteiger partial charge in [0.2, 0.25) is 0 Å². The van der Waals surface area contributed by atoms with E-state index < -0.39 is 13.0 Å². The fourth-order valence-electron chi connectivity index (χ4n) is 1.94. The van der Waals surface area contributed by atoms with E-state index in [1.807, 2.05) is 0 Å². The quantitative estimate of drug-likeness (QED) is 0.632. The monoisotopic (exact) mass is 320 g/mol. The molecule has 0 aliphatic heterocycles. The predicted octanol–water partition coefficient (Wildman–Crippen LogP) is 3.67. The summed E-state index contributed by atoms with van der Waals surface area (Å²) in [6.07, 6.45) is 0.270. The van der Waals surface area contributed by atoms with Crippen LogP contribution in [0.1, 0.15) is 42.8 Å². The van der Waals surface area contributed by atoms with Gasteiger partial charge in [-0.3, -0.25) is 0 Å². The molecule has 1 rings (SSSR count). The van der Waals surface area contributed by atoms with E-state index in [0.29, 0.717) is 18.9 Å². The maximum Gasteiger partial charge on any atom is 0.261 e. The largest absolute Gasteiger partial charge is 0.375 e. The van der Waals surface area contributed by atoms with E-state index in [9.17, 15) is 8.78 Å². The van der Waals surface area contributed by atoms with E-state index in [1.165, 1.54) is 4.88 Å². The topological polar surface area (TPSA) is 34.1 Å². The molecule has 0 amide bonds. The first-order chi connectivity index (χ1) is 10.0. The van der Waals surface area contributed by atoms with E-state index in [4.69, 9.17) is 4.74 Å². The zero-order valence-electron chi connectivity index (χ0n) is 13.1. The lowest BCUT2D eigenvalue weighted by atomic mass is 10.1. The normalized spacial score (nSPS) is 11.8. The fraction of sp³-hybridized carbons (Fsp3) is 0.800. The zero-order valence-corrected chi connectivity index (χ0v) is 13.9. The SMILES string of the molecule is CCCNCc1sc(CCOCC(F)F)nc1CC(C)C. The van der Waals surface area contributed by atoms with Crippen LogP contribution in [-0.4, -0.2) is 31.2 Å². The molecular weight excluding hydrogens is 294 g/mol. The van der Waals surface area contributed by atoms with Gasteiger partial charge < -0.3 is 10.1 Å². The van der Waals surface area contributed by atoms with Crippen LogP contribution in [0.25, 0.3) is 0 Å². The van der Waals surface area contributed by atoms with Gasteiger partial charge in [0.25, 0.3) is 6.43 Å². The van der Waals surface area contributed by atoms with Crippen LogP contribution < -0.4 is 5.32 Å². The molecule has 0 aliphatic rings. The van der Waals surface area contributed by atoms with Gasteiger partial charge in [0.15, 0.2) is 0 Å². The van der Waals surface area contributed by atoms with Crippen molar-refractivity contribution in [3.63, 3.8) is 0 Å². The molecule has 21 heavy (non-hydrogen) atoms. The van der Waals surface area contributed by atoms with Crippen molar-refractivity contribution in [2.75, 3.05) is 19.8 Å². The minimum Gasteiger partial charge on any atom is -0.375 e.